The van der Waals surface area contributed by atoms with Crippen LogP contribution in [-0.4, -0.2) is 62.3 Å². The molecule has 226 valence electrons. The van der Waals surface area contributed by atoms with E-state index in [0.717, 1.165) is 44.1 Å². The van der Waals surface area contributed by atoms with Gasteiger partial charge in [-0.05, 0) is 30.2 Å². The van der Waals surface area contributed by atoms with Crippen LogP contribution in [0.5, 0.6) is 0 Å². The topological polar surface area (TPSA) is 156 Å². The minimum absolute atomic E-state index is 0.135. The summed E-state index contributed by atoms with van der Waals surface area (Å²) < 4.78 is 0. The quantitative estimate of drug-likeness (QED) is 0.180. The van der Waals surface area contributed by atoms with E-state index in [1.54, 1.807) is 6.20 Å². The molecule has 1 heterocycles. The van der Waals surface area contributed by atoms with Gasteiger partial charge >= 0.3 is 6.09 Å². The molecule has 10 heteroatoms. The zero-order valence-corrected chi connectivity index (χ0v) is 24.4. The number of hydrogen-bond acceptors (Lipinski definition) is 5. The number of aliphatic hydroxyl groups excluding tert-OH is 1. The van der Waals surface area contributed by atoms with Crippen LogP contribution in [0.1, 0.15) is 82.9 Å². The second kappa shape index (κ2) is 16.8. The lowest BCUT2D eigenvalue weighted by atomic mass is 9.82. The third-order valence-corrected chi connectivity index (χ3v) is 8.34. The van der Waals surface area contributed by atoms with E-state index < -0.39 is 42.1 Å². The average molecular weight is 570 g/mol. The van der Waals surface area contributed by atoms with Crippen molar-refractivity contribution in [2.45, 2.75) is 109 Å². The maximum Gasteiger partial charge on any atom is 0.405 e. The van der Waals surface area contributed by atoms with Gasteiger partial charge in [-0.1, -0.05) is 89.1 Å². The Morgan fingerprint density at radius 2 is 1.61 bits per heavy atom. The van der Waals surface area contributed by atoms with Crippen molar-refractivity contribution in [2.24, 2.45) is 11.8 Å². The number of aromatic amines is 1. The number of nitrogens with one attached hydrogen (secondary N) is 4. The first-order chi connectivity index (χ1) is 19.8. The Balaban J connectivity index is 1.79. The molecule has 1 saturated carbocycles. The second-order valence-corrected chi connectivity index (χ2v) is 11.4. The van der Waals surface area contributed by atoms with E-state index in [1.807, 2.05) is 30.3 Å². The predicted octanol–water partition coefficient (Wildman–Crippen LogP) is 3.96. The molecular formula is C31H47N5O5. The minimum Gasteiger partial charge on any atom is -0.465 e. The third kappa shape index (κ3) is 10.8. The van der Waals surface area contributed by atoms with Crippen molar-refractivity contribution >= 4 is 17.9 Å². The lowest BCUT2D eigenvalue weighted by Crippen LogP contribution is -2.57. The van der Waals surface area contributed by atoms with E-state index in [-0.39, 0.29) is 12.8 Å². The van der Waals surface area contributed by atoms with Crippen LogP contribution < -0.4 is 16.0 Å². The van der Waals surface area contributed by atoms with Crippen LogP contribution in [0.4, 0.5) is 4.79 Å². The van der Waals surface area contributed by atoms with Crippen molar-refractivity contribution in [1.29, 1.82) is 0 Å². The molecule has 0 saturated heterocycles. The smallest absolute Gasteiger partial charge is 0.405 e. The van der Waals surface area contributed by atoms with Crippen LogP contribution >= 0.6 is 0 Å². The lowest BCUT2D eigenvalue weighted by Gasteiger charge is -2.33. The van der Waals surface area contributed by atoms with E-state index in [4.69, 9.17) is 0 Å². The summed E-state index contributed by atoms with van der Waals surface area (Å²) in [7, 11) is 0. The van der Waals surface area contributed by atoms with Crippen molar-refractivity contribution in [3.63, 3.8) is 0 Å². The molecule has 41 heavy (non-hydrogen) atoms. The van der Waals surface area contributed by atoms with Gasteiger partial charge < -0.3 is 31.1 Å². The van der Waals surface area contributed by atoms with E-state index >= 15 is 0 Å². The number of carboxylic acid groups (broad SMARTS) is 1. The van der Waals surface area contributed by atoms with Gasteiger partial charge in [0, 0.05) is 24.7 Å². The van der Waals surface area contributed by atoms with Gasteiger partial charge in [0.25, 0.3) is 0 Å². The summed E-state index contributed by atoms with van der Waals surface area (Å²) >= 11 is 0. The summed E-state index contributed by atoms with van der Waals surface area (Å²) in [6.07, 6.45) is 10.2. The second-order valence-electron chi connectivity index (χ2n) is 11.4. The number of aliphatic hydroxyl groups is 1. The number of aromatic nitrogens is 2. The highest BCUT2D eigenvalue weighted by atomic mass is 16.4. The number of hydrogen-bond donors (Lipinski definition) is 6. The molecule has 1 fully saturated rings. The van der Waals surface area contributed by atoms with Gasteiger partial charge in [-0.15, -0.1) is 0 Å². The molecule has 6 N–H and O–H groups in total. The molecule has 3 amide bonds. The van der Waals surface area contributed by atoms with Crippen LogP contribution in [-0.2, 0) is 22.4 Å². The highest BCUT2D eigenvalue weighted by Gasteiger charge is 2.32. The molecule has 10 nitrogen and oxygen atoms in total. The fourth-order valence-corrected chi connectivity index (χ4v) is 5.81. The molecule has 3 rings (SSSR count). The van der Waals surface area contributed by atoms with Crippen LogP contribution in [0, 0.1) is 11.8 Å². The molecule has 1 aromatic heterocycles. The van der Waals surface area contributed by atoms with Gasteiger partial charge in [0.1, 0.15) is 12.1 Å². The van der Waals surface area contributed by atoms with E-state index in [1.165, 1.54) is 12.7 Å². The van der Waals surface area contributed by atoms with Crippen LogP contribution in [0.3, 0.4) is 0 Å². The Labute approximate surface area is 243 Å². The molecule has 0 spiro atoms. The zero-order valence-electron chi connectivity index (χ0n) is 24.4. The summed E-state index contributed by atoms with van der Waals surface area (Å²) in [5.41, 5.74) is 1.44. The summed E-state index contributed by atoms with van der Waals surface area (Å²) in [5.74, 6) is -0.221. The Kier molecular flexibility index (Phi) is 13.1. The maximum absolute atomic E-state index is 13.8. The molecule has 2 aromatic rings. The van der Waals surface area contributed by atoms with Crippen molar-refractivity contribution in [1.82, 2.24) is 25.9 Å². The molecule has 0 radical (unpaired) electrons. The zero-order chi connectivity index (χ0) is 29.6. The van der Waals surface area contributed by atoms with Crippen molar-refractivity contribution in [3.05, 3.63) is 54.1 Å². The van der Waals surface area contributed by atoms with Crippen molar-refractivity contribution in [3.8, 4) is 0 Å². The summed E-state index contributed by atoms with van der Waals surface area (Å²) in [6, 6.07) is 6.58. The first kappa shape index (κ1) is 32.1. The van der Waals surface area contributed by atoms with E-state index in [9.17, 15) is 24.6 Å². The summed E-state index contributed by atoms with van der Waals surface area (Å²) in [6.45, 7) is 4.23. The van der Waals surface area contributed by atoms with E-state index in [0.29, 0.717) is 30.4 Å². The van der Waals surface area contributed by atoms with Crippen LogP contribution in [0.2, 0.25) is 0 Å². The maximum atomic E-state index is 13.8. The highest BCUT2D eigenvalue weighted by Crippen LogP contribution is 2.29. The molecular weight excluding hydrogens is 522 g/mol. The Bertz CT molecular complexity index is 1050. The SMILES string of the molecule is CCC(CC)C[C@@H](O)[C@H](CC1CCCCC1)NC(=O)[C@H](Cc1cnc[nH]1)NC(=O)[C@H](Cc1ccccc1)NC(=O)O. The number of nitrogens with zero attached hydrogens (tertiary/aromatic N) is 1. The van der Waals surface area contributed by atoms with Crippen molar-refractivity contribution in [2.75, 3.05) is 0 Å². The number of rotatable bonds is 16. The van der Waals surface area contributed by atoms with Crippen molar-refractivity contribution < 1.29 is 24.6 Å². The number of benzene rings is 1. The number of carbonyl (C=O) groups excluding carboxylic acids is 2. The number of carbonyl (C=O) groups is 3. The molecule has 1 aliphatic carbocycles. The van der Waals surface area contributed by atoms with Gasteiger partial charge in [0.15, 0.2) is 0 Å². The molecule has 0 bridgehead atoms. The molecule has 4 atom stereocenters. The first-order valence-corrected chi connectivity index (χ1v) is 15.1. The van der Waals surface area contributed by atoms with Gasteiger partial charge in [0.2, 0.25) is 11.8 Å². The molecule has 1 aliphatic rings. The first-order valence-electron chi connectivity index (χ1n) is 15.1. The standard InChI is InChI=1S/C31H47N5O5/c1-3-21(4-2)17-28(37)25(15-22-11-7-5-8-12-22)34-30(39)27(18-24-19-32-20-33-24)35-29(38)26(36-31(40)41)16-23-13-9-6-10-14-23/h6,9-10,13-14,19-22,25-28,36-37H,3-5,7-8,11-12,15-18H2,1-2H3,(H,32,33)(H,34,39)(H,35,38)(H,40,41)/t25-,26-,27-,28+/m0/s1. The van der Waals surface area contributed by atoms with Crippen LogP contribution in [0.25, 0.3) is 0 Å². The van der Waals surface area contributed by atoms with E-state index in [2.05, 4.69) is 39.8 Å². The third-order valence-electron chi connectivity index (χ3n) is 8.34. The largest absolute Gasteiger partial charge is 0.465 e. The predicted molar refractivity (Wildman–Crippen MR) is 157 cm³/mol. The van der Waals surface area contributed by atoms with Gasteiger partial charge in [0.05, 0.1) is 18.5 Å². The number of imidazole rings is 1. The Hall–Kier alpha value is -3.40. The average Bonchev–Trinajstić information content (AvgIpc) is 3.48. The molecule has 0 aliphatic heterocycles. The number of amides is 3. The molecule has 0 unspecified atom stereocenters. The molecule has 1 aromatic carbocycles. The van der Waals surface area contributed by atoms with Gasteiger partial charge in [-0.2, -0.15) is 0 Å². The monoisotopic (exact) mass is 569 g/mol. The highest BCUT2D eigenvalue weighted by molar-refractivity contribution is 5.91. The lowest BCUT2D eigenvalue weighted by molar-refractivity contribution is -0.131. The number of H-pyrrole nitrogens is 1. The normalized spacial score (nSPS) is 16.9. The fraction of sp³-hybridized carbons (Fsp3) is 0.613. The Morgan fingerprint density at radius 3 is 2.22 bits per heavy atom. The van der Waals surface area contributed by atoms with Gasteiger partial charge in [-0.3, -0.25) is 9.59 Å². The summed E-state index contributed by atoms with van der Waals surface area (Å²) in [5, 5.41) is 28.9. The Morgan fingerprint density at radius 1 is 0.951 bits per heavy atom. The van der Waals surface area contributed by atoms with Gasteiger partial charge in [-0.25, -0.2) is 9.78 Å². The van der Waals surface area contributed by atoms with Crippen LogP contribution in [0.15, 0.2) is 42.9 Å². The summed E-state index contributed by atoms with van der Waals surface area (Å²) in [4.78, 5) is 45.7. The fourth-order valence-electron chi connectivity index (χ4n) is 5.81. The minimum atomic E-state index is -1.33.